The normalized spacial score (nSPS) is 14.2. The smallest absolute Gasteiger partial charge is 0.343 e. The number of carbonyl (C=O) groups is 2. The van der Waals surface area contributed by atoms with Gasteiger partial charge in [-0.3, -0.25) is 9.36 Å². The lowest BCUT2D eigenvalue weighted by Gasteiger charge is -2.25. The topological polar surface area (TPSA) is 115 Å². The molecule has 0 amide bonds. The van der Waals surface area contributed by atoms with Crippen molar-refractivity contribution in [2.24, 2.45) is 4.99 Å². The second-order valence-electron chi connectivity index (χ2n) is 10.6. The molecule has 0 spiro atoms. The van der Waals surface area contributed by atoms with Crippen LogP contribution in [0.1, 0.15) is 43.5 Å². The Balaban J connectivity index is 1.56. The summed E-state index contributed by atoms with van der Waals surface area (Å²) in [6.45, 7) is 5.57. The summed E-state index contributed by atoms with van der Waals surface area (Å²) in [6, 6.07) is 13.1. The fraction of sp³-hybridized carbons (Fsp3) is 0.257. The first-order valence-corrected chi connectivity index (χ1v) is 18.6. The van der Waals surface area contributed by atoms with Gasteiger partial charge in [0.2, 0.25) is 0 Å². The highest BCUT2D eigenvalue weighted by Gasteiger charge is 2.34. The number of ether oxygens (including phenoxy) is 5. The Morgan fingerprint density at radius 3 is 2.50 bits per heavy atom. The van der Waals surface area contributed by atoms with Crippen LogP contribution >= 0.6 is 73.1 Å². The maximum Gasteiger partial charge on any atom is 0.343 e. The zero-order valence-corrected chi connectivity index (χ0v) is 33.3. The molecule has 10 nitrogen and oxygen atoms in total. The Hall–Kier alpha value is -3.37. The molecule has 50 heavy (non-hydrogen) atoms. The fourth-order valence-corrected chi connectivity index (χ4v) is 8.40. The van der Waals surface area contributed by atoms with Crippen LogP contribution in [0, 0.1) is 3.57 Å². The number of carbonyl (C=O) groups excluding carboxylic acids is 2. The van der Waals surface area contributed by atoms with Crippen LogP contribution in [0.3, 0.4) is 0 Å². The number of thiazole rings is 1. The first kappa shape index (κ1) is 37.9. The SMILES string of the molecule is CCOC(=O)C1=C(C)N=c2s/c(=C\c3cc(Br)c(OCc4ccc(Cl)cc4Cl)c(I)c3)c(=O)n2[C@H]1c1ccc(OCC(=O)OC)c(OCC)c1. The highest BCUT2D eigenvalue weighted by Crippen LogP contribution is 2.37. The molecule has 0 saturated heterocycles. The predicted molar refractivity (Wildman–Crippen MR) is 203 cm³/mol. The van der Waals surface area contributed by atoms with Crippen LogP contribution < -0.4 is 29.1 Å². The molecule has 1 aliphatic rings. The second kappa shape index (κ2) is 16.8. The van der Waals surface area contributed by atoms with Crippen molar-refractivity contribution in [2.45, 2.75) is 33.4 Å². The maximum atomic E-state index is 14.2. The number of halogens is 4. The standard InChI is InChI=1S/C35H30BrCl2IN2O8S/c1-5-46-27-14-20(8-10-26(27)48-17-29(42)45-4)31-30(34(44)47-6-2)18(3)40-35-41(31)33(43)28(50-35)13-19-11-23(36)32(25(39)12-19)49-16-21-7-9-22(37)15-24(21)38/h7-15,31H,5-6,16-17H2,1-4H3/b28-13-/t31-/m0/s1. The Labute approximate surface area is 323 Å². The van der Waals surface area contributed by atoms with E-state index >= 15 is 0 Å². The quantitative estimate of drug-likeness (QED) is 0.110. The number of methoxy groups -OCH3 is 1. The van der Waals surface area contributed by atoms with Crippen molar-refractivity contribution < 1.29 is 33.3 Å². The van der Waals surface area contributed by atoms with Gasteiger partial charge in [-0.25, -0.2) is 14.6 Å². The van der Waals surface area contributed by atoms with Gasteiger partial charge in [0.25, 0.3) is 5.56 Å². The number of aromatic nitrogens is 1. The van der Waals surface area contributed by atoms with Crippen molar-refractivity contribution in [3.8, 4) is 17.2 Å². The summed E-state index contributed by atoms with van der Waals surface area (Å²) in [5.41, 5.74) is 2.38. The zero-order chi connectivity index (χ0) is 36.1. The van der Waals surface area contributed by atoms with E-state index in [0.29, 0.717) is 59.0 Å². The molecule has 0 radical (unpaired) electrons. The average molecular weight is 916 g/mol. The third-order valence-electron chi connectivity index (χ3n) is 7.38. The molecule has 0 N–H and O–H groups in total. The molecule has 0 fully saturated rings. The molecule has 5 rings (SSSR count). The van der Waals surface area contributed by atoms with Crippen molar-refractivity contribution in [1.82, 2.24) is 4.57 Å². The summed E-state index contributed by atoms with van der Waals surface area (Å²) in [6.07, 6.45) is 1.77. The molecule has 4 aromatic rings. The molecule has 0 bridgehead atoms. The Bertz CT molecular complexity index is 2160. The largest absolute Gasteiger partial charge is 0.490 e. The summed E-state index contributed by atoms with van der Waals surface area (Å²) in [4.78, 5) is 44.4. The van der Waals surface area contributed by atoms with Crippen molar-refractivity contribution in [2.75, 3.05) is 26.9 Å². The highest BCUT2D eigenvalue weighted by atomic mass is 127. The van der Waals surface area contributed by atoms with Crippen LogP contribution in [0.25, 0.3) is 6.08 Å². The van der Waals surface area contributed by atoms with E-state index in [4.69, 9.17) is 42.1 Å². The number of rotatable bonds is 12. The fourth-order valence-electron chi connectivity index (χ4n) is 5.13. The Kier molecular flexibility index (Phi) is 12.7. The number of allylic oxidation sites excluding steroid dienone is 1. The van der Waals surface area contributed by atoms with Gasteiger partial charge in [-0.1, -0.05) is 46.7 Å². The van der Waals surface area contributed by atoms with E-state index in [0.717, 1.165) is 14.7 Å². The number of fused-ring (bicyclic) bond motifs is 1. The minimum atomic E-state index is -0.886. The van der Waals surface area contributed by atoms with Crippen molar-refractivity contribution in [3.05, 3.63) is 114 Å². The lowest BCUT2D eigenvalue weighted by Crippen LogP contribution is -2.40. The summed E-state index contributed by atoms with van der Waals surface area (Å²) in [5.74, 6) is 0.100. The van der Waals surface area contributed by atoms with Gasteiger partial charge >= 0.3 is 11.9 Å². The van der Waals surface area contributed by atoms with Crippen molar-refractivity contribution >= 4 is 91.1 Å². The van der Waals surface area contributed by atoms with E-state index in [-0.39, 0.29) is 31.0 Å². The van der Waals surface area contributed by atoms with Crippen molar-refractivity contribution in [1.29, 1.82) is 0 Å². The predicted octanol–water partition coefficient (Wildman–Crippen LogP) is 7.00. The van der Waals surface area contributed by atoms with Crippen LogP contribution in [0.5, 0.6) is 17.2 Å². The summed E-state index contributed by atoms with van der Waals surface area (Å²) < 4.78 is 31.1. The minimum absolute atomic E-state index is 0.136. The van der Waals surface area contributed by atoms with Gasteiger partial charge in [0.15, 0.2) is 22.9 Å². The van der Waals surface area contributed by atoms with Crippen molar-refractivity contribution in [3.63, 3.8) is 0 Å². The molecule has 1 atom stereocenters. The number of hydrogen-bond donors (Lipinski definition) is 0. The van der Waals surface area contributed by atoms with Gasteiger partial charge in [-0.05, 0) is 113 Å². The molecule has 1 aromatic heterocycles. The third kappa shape index (κ3) is 8.39. The summed E-state index contributed by atoms with van der Waals surface area (Å²) >= 11 is 19.4. The average Bonchev–Trinajstić information content (AvgIpc) is 3.37. The second-order valence-corrected chi connectivity index (χ2v) is 14.5. The van der Waals surface area contributed by atoms with Gasteiger partial charge in [0, 0.05) is 15.6 Å². The Morgan fingerprint density at radius 1 is 1.04 bits per heavy atom. The van der Waals surface area contributed by atoms with Gasteiger partial charge in [0.1, 0.15) is 12.4 Å². The molecule has 15 heteroatoms. The number of benzene rings is 3. The van der Waals surface area contributed by atoms with Gasteiger partial charge in [-0.15, -0.1) is 0 Å². The molecule has 262 valence electrons. The Morgan fingerprint density at radius 2 is 1.82 bits per heavy atom. The summed E-state index contributed by atoms with van der Waals surface area (Å²) in [7, 11) is 1.27. The lowest BCUT2D eigenvalue weighted by atomic mass is 9.95. The van der Waals surface area contributed by atoms with Crippen LogP contribution in [-0.4, -0.2) is 43.4 Å². The van der Waals surface area contributed by atoms with E-state index in [9.17, 15) is 14.4 Å². The monoisotopic (exact) mass is 914 g/mol. The van der Waals surface area contributed by atoms with Crippen LogP contribution in [-0.2, 0) is 25.7 Å². The molecule has 1 aliphatic heterocycles. The van der Waals surface area contributed by atoms with Crippen LogP contribution in [0.2, 0.25) is 10.0 Å². The molecule has 0 aliphatic carbocycles. The van der Waals surface area contributed by atoms with E-state index in [1.165, 1.54) is 23.0 Å². The molecule has 0 saturated carbocycles. The van der Waals surface area contributed by atoms with Gasteiger partial charge in [0.05, 0.1) is 50.2 Å². The van der Waals surface area contributed by atoms with Crippen LogP contribution in [0.15, 0.2) is 74.1 Å². The minimum Gasteiger partial charge on any atom is -0.490 e. The number of nitrogens with zero attached hydrogens (tertiary/aromatic N) is 2. The first-order valence-electron chi connectivity index (χ1n) is 15.2. The molecule has 0 unspecified atom stereocenters. The highest BCUT2D eigenvalue weighted by molar-refractivity contribution is 14.1. The number of esters is 2. The van der Waals surface area contributed by atoms with E-state index in [1.807, 2.05) is 18.2 Å². The van der Waals surface area contributed by atoms with E-state index in [1.54, 1.807) is 57.2 Å². The van der Waals surface area contributed by atoms with Gasteiger partial charge in [-0.2, -0.15) is 0 Å². The third-order valence-corrected chi connectivity index (χ3v) is 10.3. The van der Waals surface area contributed by atoms with E-state index in [2.05, 4.69) is 48.3 Å². The number of hydrogen-bond acceptors (Lipinski definition) is 10. The molecular weight excluding hydrogens is 886 g/mol. The maximum absolute atomic E-state index is 14.2. The van der Waals surface area contributed by atoms with Crippen LogP contribution in [0.4, 0.5) is 0 Å². The zero-order valence-electron chi connectivity index (χ0n) is 27.2. The van der Waals surface area contributed by atoms with E-state index < -0.39 is 18.0 Å². The lowest BCUT2D eigenvalue weighted by molar-refractivity contribution is -0.143. The molecular formula is C35H30BrCl2IN2O8S. The molecule has 3 aromatic carbocycles. The van der Waals surface area contributed by atoms with Gasteiger partial charge < -0.3 is 23.7 Å². The first-order chi connectivity index (χ1) is 23.9. The summed E-state index contributed by atoms with van der Waals surface area (Å²) in [5, 5.41) is 1.05. The molecule has 2 heterocycles.